The Hall–Kier alpha value is -4.33. The maximum Gasteiger partial charge on any atom is 0.332 e. The molecule has 0 saturated carbocycles. The Bertz CT molecular complexity index is 1260. The fourth-order valence-electron chi connectivity index (χ4n) is 4.68. The van der Waals surface area contributed by atoms with Crippen LogP contribution >= 0.6 is 0 Å². The number of amides is 4. The lowest BCUT2D eigenvalue weighted by molar-refractivity contribution is -0.124. The number of hydrogen-bond acceptors (Lipinski definition) is 5. The summed E-state index contributed by atoms with van der Waals surface area (Å²) in [4.78, 5) is 42.6. The lowest BCUT2D eigenvalue weighted by atomic mass is 10.1. The zero-order chi connectivity index (χ0) is 28.3. The van der Waals surface area contributed by atoms with Crippen molar-refractivity contribution < 1.29 is 23.9 Å². The van der Waals surface area contributed by atoms with Crippen molar-refractivity contribution in [2.24, 2.45) is 0 Å². The van der Waals surface area contributed by atoms with Crippen LogP contribution in [-0.4, -0.2) is 49.0 Å². The van der Waals surface area contributed by atoms with Gasteiger partial charge < -0.3 is 19.7 Å². The number of nitrogens with one attached hydrogen (secondary N) is 1. The van der Waals surface area contributed by atoms with Gasteiger partial charge in [0.2, 0.25) is 5.91 Å². The van der Waals surface area contributed by atoms with Crippen LogP contribution in [0.2, 0.25) is 0 Å². The lowest BCUT2D eigenvalue weighted by Gasteiger charge is -2.21. The minimum absolute atomic E-state index is 0.147. The number of rotatable bonds is 14. The van der Waals surface area contributed by atoms with Gasteiger partial charge in [-0.1, -0.05) is 56.5 Å². The SMILES string of the molecule is CCCCCCOc1ccc(NC(=O)C[C@H]2C(=O)N(c3ccccc3)C(=O)N2CCc2ccc(OC)cc2)cc1. The minimum atomic E-state index is -0.906. The fraction of sp³-hybridized carbons (Fsp3) is 0.344. The van der Waals surface area contributed by atoms with E-state index in [1.165, 1.54) is 22.6 Å². The molecule has 0 bridgehead atoms. The number of carbonyl (C=O) groups is 3. The topological polar surface area (TPSA) is 88.2 Å². The number of unbranched alkanes of at least 4 members (excludes halogenated alkanes) is 3. The molecule has 1 saturated heterocycles. The number of nitrogens with zero attached hydrogens (tertiary/aromatic N) is 2. The van der Waals surface area contributed by atoms with Crippen molar-refractivity contribution in [3.05, 3.63) is 84.4 Å². The van der Waals surface area contributed by atoms with Crippen LogP contribution in [0.25, 0.3) is 0 Å². The monoisotopic (exact) mass is 543 g/mol. The Morgan fingerprint density at radius 3 is 2.25 bits per heavy atom. The summed E-state index contributed by atoms with van der Waals surface area (Å²) in [5.74, 6) is 0.735. The highest BCUT2D eigenvalue weighted by Crippen LogP contribution is 2.28. The van der Waals surface area contributed by atoms with Crippen LogP contribution in [-0.2, 0) is 16.0 Å². The number of urea groups is 1. The van der Waals surface area contributed by atoms with Crippen LogP contribution in [0.1, 0.15) is 44.6 Å². The van der Waals surface area contributed by atoms with Crippen LogP contribution < -0.4 is 19.7 Å². The zero-order valence-electron chi connectivity index (χ0n) is 23.2. The second kappa shape index (κ2) is 14.2. The number of carbonyl (C=O) groups excluding carboxylic acids is 3. The van der Waals surface area contributed by atoms with E-state index < -0.39 is 18.0 Å². The maximum absolute atomic E-state index is 13.5. The third kappa shape index (κ3) is 7.40. The van der Waals surface area contributed by atoms with Gasteiger partial charge in [0.15, 0.2) is 0 Å². The van der Waals surface area contributed by atoms with Gasteiger partial charge >= 0.3 is 6.03 Å². The summed E-state index contributed by atoms with van der Waals surface area (Å²) in [5, 5.41) is 2.86. The van der Waals surface area contributed by atoms with Crippen molar-refractivity contribution in [3.8, 4) is 11.5 Å². The molecule has 8 heteroatoms. The standard InChI is InChI=1S/C32H37N3O5/c1-3-4-5-9-22-40-28-18-14-25(15-19-28)33-30(36)23-29-31(37)35(26-10-7-6-8-11-26)32(38)34(29)21-20-24-12-16-27(39-2)17-13-24/h6-8,10-19,29H,3-5,9,20-23H2,1-2H3,(H,33,36)/t29-/m0/s1. The minimum Gasteiger partial charge on any atom is -0.497 e. The van der Waals surface area contributed by atoms with Crippen molar-refractivity contribution in [3.63, 3.8) is 0 Å². The summed E-state index contributed by atoms with van der Waals surface area (Å²) < 4.78 is 11.0. The van der Waals surface area contributed by atoms with E-state index in [0.717, 1.165) is 29.9 Å². The molecular weight excluding hydrogens is 506 g/mol. The molecule has 0 aromatic heterocycles. The summed E-state index contributed by atoms with van der Waals surface area (Å²) in [6.45, 7) is 3.13. The number of hydrogen-bond donors (Lipinski definition) is 1. The first kappa shape index (κ1) is 28.7. The molecule has 0 unspecified atom stereocenters. The van der Waals surface area contributed by atoms with Gasteiger partial charge in [-0.2, -0.15) is 0 Å². The molecule has 0 radical (unpaired) electrons. The summed E-state index contributed by atoms with van der Waals surface area (Å²) in [6.07, 6.45) is 4.92. The molecule has 1 heterocycles. The van der Waals surface area contributed by atoms with Gasteiger partial charge in [-0.15, -0.1) is 0 Å². The van der Waals surface area contributed by atoms with Crippen molar-refractivity contribution in [2.45, 2.75) is 51.5 Å². The van der Waals surface area contributed by atoms with Crippen molar-refractivity contribution in [2.75, 3.05) is 30.5 Å². The van der Waals surface area contributed by atoms with E-state index in [1.807, 2.05) is 42.5 Å². The molecule has 0 aliphatic carbocycles. The molecule has 1 aliphatic heterocycles. The average molecular weight is 544 g/mol. The molecule has 4 rings (SSSR count). The summed E-state index contributed by atoms with van der Waals surface area (Å²) >= 11 is 0. The van der Waals surface area contributed by atoms with Crippen LogP contribution in [0, 0.1) is 0 Å². The molecule has 8 nitrogen and oxygen atoms in total. The first-order valence-electron chi connectivity index (χ1n) is 13.9. The highest BCUT2D eigenvalue weighted by Gasteiger charge is 2.46. The largest absolute Gasteiger partial charge is 0.497 e. The van der Waals surface area contributed by atoms with Gasteiger partial charge in [-0.05, 0) is 66.9 Å². The molecule has 4 amide bonds. The van der Waals surface area contributed by atoms with Gasteiger partial charge in [0.05, 0.1) is 25.8 Å². The Kier molecular flexibility index (Phi) is 10.2. The van der Waals surface area contributed by atoms with Crippen molar-refractivity contribution in [1.29, 1.82) is 0 Å². The van der Waals surface area contributed by atoms with E-state index in [-0.39, 0.29) is 12.3 Å². The molecule has 40 heavy (non-hydrogen) atoms. The molecule has 3 aromatic carbocycles. The van der Waals surface area contributed by atoms with Crippen LogP contribution in [0.15, 0.2) is 78.9 Å². The smallest absolute Gasteiger partial charge is 0.332 e. The van der Waals surface area contributed by atoms with Gasteiger partial charge in [0.1, 0.15) is 17.5 Å². The quantitative estimate of drug-likeness (QED) is 0.197. The fourth-order valence-corrected chi connectivity index (χ4v) is 4.68. The average Bonchev–Trinajstić information content (AvgIpc) is 3.21. The molecule has 3 aromatic rings. The number of anilines is 2. The zero-order valence-corrected chi connectivity index (χ0v) is 23.2. The molecule has 1 fully saturated rings. The summed E-state index contributed by atoms with van der Waals surface area (Å²) in [5.41, 5.74) is 2.08. The highest BCUT2D eigenvalue weighted by molar-refractivity contribution is 6.22. The molecule has 1 aliphatic rings. The van der Waals surface area contributed by atoms with E-state index in [4.69, 9.17) is 9.47 Å². The first-order chi connectivity index (χ1) is 19.5. The number of ether oxygens (including phenoxy) is 2. The molecule has 0 spiro atoms. The van der Waals surface area contributed by atoms with Gasteiger partial charge in [0, 0.05) is 12.2 Å². The van der Waals surface area contributed by atoms with Gasteiger partial charge in [0.25, 0.3) is 5.91 Å². The van der Waals surface area contributed by atoms with E-state index >= 15 is 0 Å². The molecular formula is C32H37N3O5. The lowest BCUT2D eigenvalue weighted by Crippen LogP contribution is -2.39. The van der Waals surface area contributed by atoms with Gasteiger partial charge in [-0.25, -0.2) is 9.69 Å². The van der Waals surface area contributed by atoms with Gasteiger partial charge in [-0.3, -0.25) is 9.59 Å². The van der Waals surface area contributed by atoms with E-state index in [1.54, 1.807) is 43.5 Å². The van der Waals surface area contributed by atoms with E-state index in [0.29, 0.717) is 30.9 Å². The Balaban J connectivity index is 1.41. The van der Waals surface area contributed by atoms with E-state index in [9.17, 15) is 14.4 Å². The normalized spacial score (nSPS) is 14.9. The summed E-state index contributed by atoms with van der Waals surface area (Å²) in [7, 11) is 1.61. The van der Waals surface area contributed by atoms with Crippen LogP contribution in [0.4, 0.5) is 16.2 Å². The number of para-hydroxylation sites is 1. The molecule has 1 atom stereocenters. The highest BCUT2D eigenvalue weighted by atomic mass is 16.5. The maximum atomic E-state index is 13.5. The van der Waals surface area contributed by atoms with Crippen molar-refractivity contribution >= 4 is 29.2 Å². The number of methoxy groups -OCH3 is 1. The summed E-state index contributed by atoms with van der Waals surface area (Å²) in [6, 6.07) is 22.2. The predicted molar refractivity (Wildman–Crippen MR) is 156 cm³/mol. The Morgan fingerprint density at radius 1 is 0.875 bits per heavy atom. The third-order valence-electron chi connectivity index (χ3n) is 6.92. The molecule has 210 valence electrons. The predicted octanol–water partition coefficient (Wildman–Crippen LogP) is 6.06. The van der Waals surface area contributed by atoms with Crippen LogP contribution in [0.5, 0.6) is 11.5 Å². The second-order valence-corrected chi connectivity index (χ2v) is 9.78. The number of benzene rings is 3. The first-order valence-corrected chi connectivity index (χ1v) is 13.9. The second-order valence-electron chi connectivity index (χ2n) is 9.78. The number of imide groups is 1. The Labute approximate surface area is 235 Å². The van der Waals surface area contributed by atoms with Crippen molar-refractivity contribution in [1.82, 2.24) is 4.90 Å². The van der Waals surface area contributed by atoms with E-state index in [2.05, 4.69) is 12.2 Å². The van der Waals surface area contributed by atoms with Crippen LogP contribution in [0.3, 0.4) is 0 Å². The third-order valence-corrected chi connectivity index (χ3v) is 6.92. The Morgan fingerprint density at radius 2 is 1.57 bits per heavy atom. The molecule has 1 N–H and O–H groups in total.